The van der Waals surface area contributed by atoms with Crippen LogP contribution in [0.2, 0.25) is 15.1 Å². The van der Waals surface area contributed by atoms with Crippen molar-refractivity contribution in [3.63, 3.8) is 0 Å². The van der Waals surface area contributed by atoms with Crippen molar-refractivity contribution in [2.24, 2.45) is 0 Å². The van der Waals surface area contributed by atoms with E-state index in [2.05, 4.69) is 5.32 Å². The third kappa shape index (κ3) is 4.44. The maximum Gasteiger partial charge on any atom is 0.270 e. The molecule has 0 aromatic heterocycles. The van der Waals surface area contributed by atoms with Crippen LogP contribution in [-0.4, -0.2) is 37.1 Å². The Balaban J connectivity index is 1.97. The summed E-state index contributed by atoms with van der Waals surface area (Å²) >= 11 is 18.0. The maximum atomic E-state index is 12.9. The van der Waals surface area contributed by atoms with Gasteiger partial charge in [-0.25, -0.2) is 0 Å². The summed E-state index contributed by atoms with van der Waals surface area (Å²) in [6.07, 6.45) is 0. The first-order valence-electron chi connectivity index (χ1n) is 7.94. The SMILES string of the molecule is O=C(Nc1cc(Cl)c(Cl)cc1Cl)c1cc([N+](=O)[O-])ccc1N1CCOCC1. The summed E-state index contributed by atoms with van der Waals surface area (Å²) in [5, 5.41) is 14.5. The van der Waals surface area contributed by atoms with Crippen LogP contribution in [0.5, 0.6) is 0 Å². The fourth-order valence-corrected chi connectivity index (χ4v) is 3.30. The second-order valence-electron chi connectivity index (χ2n) is 5.76. The Hall–Kier alpha value is -2.06. The molecule has 7 nitrogen and oxygen atoms in total. The fourth-order valence-electron chi connectivity index (χ4n) is 2.71. The van der Waals surface area contributed by atoms with E-state index >= 15 is 0 Å². The summed E-state index contributed by atoms with van der Waals surface area (Å²) in [6, 6.07) is 7.02. The number of hydrogen-bond donors (Lipinski definition) is 1. The van der Waals surface area contributed by atoms with Gasteiger partial charge in [-0.05, 0) is 18.2 Å². The van der Waals surface area contributed by atoms with E-state index in [0.717, 1.165) is 0 Å². The van der Waals surface area contributed by atoms with E-state index in [0.29, 0.717) is 32.0 Å². The zero-order chi connectivity index (χ0) is 19.6. The van der Waals surface area contributed by atoms with Gasteiger partial charge in [0.25, 0.3) is 11.6 Å². The molecule has 2 aromatic rings. The van der Waals surface area contributed by atoms with Crippen LogP contribution in [-0.2, 0) is 4.74 Å². The van der Waals surface area contributed by atoms with Gasteiger partial charge in [0.05, 0.1) is 50.1 Å². The molecular formula is C17H14Cl3N3O4. The Bertz CT molecular complexity index is 901. The summed E-state index contributed by atoms with van der Waals surface area (Å²) < 4.78 is 5.32. The number of morpholine rings is 1. The van der Waals surface area contributed by atoms with Crippen molar-refractivity contribution < 1.29 is 14.5 Å². The summed E-state index contributed by atoms with van der Waals surface area (Å²) in [4.78, 5) is 25.4. The Morgan fingerprint density at radius 2 is 1.74 bits per heavy atom. The minimum Gasteiger partial charge on any atom is -0.378 e. The van der Waals surface area contributed by atoms with E-state index in [-0.39, 0.29) is 32.0 Å². The number of ether oxygens (including phenoxy) is 1. The first kappa shape index (κ1) is 19.7. The van der Waals surface area contributed by atoms with Crippen LogP contribution in [0.15, 0.2) is 30.3 Å². The van der Waals surface area contributed by atoms with Gasteiger partial charge in [0, 0.05) is 25.2 Å². The molecule has 1 fully saturated rings. The van der Waals surface area contributed by atoms with Gasteiger partial charge in [0.2, 0.25) is 0 Å². The highest BCUT2D eigenvalue weighted by atomic mass is 35.5. The number of rotatable bonds is 4. The van der Waals surface area contributed by atoms with Gasteiger partial charge in [0.15, 0.2) is 0 Å². The van der Waals surface area contributed by atoms with Gasteiger partial charge in [-0.2, -0.15) is 0 Å². The molecule has 10 heteroatoms. The molecule has 0 atom stereocenters. The lowest BCUT2D eigenvalue weighted by Crippen LogP contribution is -2.37. The monoisotopic (exact) mass is 429 g/mol. The molecule has 27 heavy (non-hydrogen) atoms. The molecule has 1 heterocycles. The molecule has 1 N–H and O–H groups in total. The van der Waals surface area contributed by atoms with E-state index in [9.17, 15) is 14.9 Å². The van der Waals surface area contributed by atoms with Gasteiger partial charge in [0.1, 0.15) is 0 Å². The van der Waals surface area contributed by atoms with E-state index in [1.54, 1.807) is 6.07 Å². The van der Waals surface area contributed by atoms with Gasteiger partial charge in [-0.1, -0.05) is 34.8 Å². The average Bonchev–Trinajstić information content (AvgIpc) is 2.66. The first-order valence-corrected chi connectivity index (χ1v) is 9.07. The van der Waals surface area contributed by atoms with E-state index in [1.807, 2.05) is 4.90 Å². The molecule has 3 rings (SSSR count). The number of benzene rings is 2. The lowest BCUT2D eigenvalue weighted by Gasteiger charge is -2.30. The zero-order valence-electron chi connectivity index (χ0n) is 13.9. The van der Waals surface area contributed by atoms with Crippen molar-refractivity contribution in [2.45, 2.75) is 0 Å². The van der Waals surface area contributed by atoms with Crippen molar-refractivity contribution in [3.05, 3.63) is 61.1 Å². The highest BCUT2D eigenvalue weighted by Gasteiger charge is 2.23. The Kier molecular flexibility index (Phi) is 6.06. The first-order chi connectivity index (χ1) is 12.9. The summed E-state index contributed by atoms with van der Waals surface area (Å²) in [5.74, 6) is -0.541. The van der Waals surface area contributed by atoms with Crippen LogP contribution in [0.25, 0.3) is 0 Å². The molecule has 2 aromatic carbocycles. The predicted octanol–water partition coefficient (Wildman–Crippen LogP) is 4.64. The lowest BCUT2D eigenvalue weighted by atomic mass is 10.1. The van der Waals surface area contributed by atoms with Crippen molar-refractivity contribution in [1.82, 2.24) is 0 Å². The number of amides is 1. The predicted molar refractivity (Wildman–Crippen MR) is 106 cm³/mol. The topological polar surface area (TPSA) is 84.7 Å². The Morgan fingerprint density at radius 1 is 1.07 bits per heavy atom. The van der Waals surface area contributed by atoms with Crippen LogP contribution < -0.4 is 10.2 Å². The van der Waals surface area contributed by atoms with E-state index in [4.69, 9.17) is 39.5 Å². The zero-order valence-corrected chi connectivity index (χ0v) is 16.1. The summed E-state index contributed by atoms with van der Waals surface area (Å²) in [5.41, 5.74) is 0.818. The fraction of sp³-hybridized carbons (Fsp3) is 0.235. The van der Waals surface area contributed by atoms with Crippen molar-refractivity contribution in [1.29, 1.82) is 0 Å². The number of nitrogens with one attached hydrogen (secondary N) is 1. The van der Waals surface area contributed by atoms with Crippen LogP contribution >= 0.6 is 34.8 Å². The molecule has 0 spiro atoms. The highest BCUT2D eigenvalue weighted by Crippen LogP contribution is 2.33. The third-order valence-electron chi connectivity index (χ3n) is 4.05. The quantitative estimate of drug-likeness (QED) is 0.434. The number of non-ortho nitro benzene ring substituents is 1. The Morgan fingerprint density at radius 3 is 2.41 bits per heavy atom. The number of nitro groups is 1. The molecule has 1 saturated heterocycles. The Labute approximate surface area is 169 Å². The molecular weight excluding hydrogens is 417 g/mol. The third-order valence-corrected chi connectivity index (χ3v) is 5.08. The highest BCUT2D eigenvalue weighted by molar-refractivity contribution is 6.44. The minimum absolute atomic E-state index is 0.160. The summed E-state index contributed by atoms with van der Waals surface area (Å²) in [7, 11) is 0. The molecule has 1 amide bonds. The van der Waals surface area contributed by atoms with E-state index < -0.39 is 10.8 Å². The summed E-state index contributed by atoms with van der Waals surface area (Å²) in [6.45, 7) is 2.17. The number of nitro benzene ring substituents is 1. The number of carbonyl (C=O) groups excluding carboxylic acids is 1. The van der Waals surface area contributed by atoms with Crippen molar-refractivity contribution in [2.75, 3.05) is 36.5 Å². The van der Waals surface area contributed by atoms with Crippen molar-refractivity contribution in [3.8, 4) is 0 Å². The lowest BCUT2D eigenvalue weighted by molar-refractivity contribution is -0.384. The maximum absolute atomic E-state index is 12.9. The van der Waals surface area contributed by atoms with Crippen LogP contribution in [0.3, 0.4) is 0 Å². The smallest absolute Gasteiger partial charge is 0.270 e. The van der Waals surface area contributed by atoms with Crippen LogP contribution in [0.1, 0.15) is 10.4 Å². The number of carbonyl (C=O) groups is 1. The molecule has 0 radical (unpaired) electrons. The molecule has 0 unspecified atom stereocenters. The second-order valence-corrected chi connectivity index (χ2v) is 6.98. The average molecular weight is 431 g/mol. The van der Waals surface area contributed by atoms with Crippen LogP contribution in [0, 0.1) is 10.1 Å². The number of anilines is 2. The molecule has 0 saturated carbocycles. The minimum atomic E-state index is -0.550. The van der Waals surface area contributed by atoms with Gasteiger partial charge >= 0.3 is 0 Å². The van der Waals surface area contributed by atoms with Crippen LogP contribution in [0.4, 0.5) is 17.1 Å². The van der Waals surface area contributed by atoms with Crippen molar-refractivity contribution >= 4 is 57.8 Å². The largest absolute Gasteiger partial charge is 0.378 e. The molecule has 0 aliphatic carbocycles. The molecule has 1 aliphatic rings. The molecule has 142 valence electrons. The number of nitrogens with zero attached hydrogens (tertiary/aromatic N) is 2. The van der Waals surface area contributed by atoms with Gasteiger partial charge < -0.3 is 15.0 Å². The molecule has 1 aliphatic heterocycles. The van der Waals surface area contributed by atoms with Gasteiger partial charge in [-0.3, -0.25) is 14.9 Å². The van der Waals surface area contributed by atoms with E-state index in [1.165, 1.54) is 24.3 Å². The van der Waals surface area contributed by atoms with Gasteiger partial charge in [-0.15, -0.1) is 0 Å². The normalized spacial score (nSPS) is 14.1. The number of hydrogen-bond acceptors (Lipinski definition) is 5. The number of halogens is 3. The molecule has 0 bridgehead atoms. The standard InChI is InChI=1S/C17H14Cl3N3O4/c18-12-8-14(20)15(9-13(12)19)21-17(24)11-7-10(23(25)26)1-2-16(11)22-3-5-27-6-4-22/h1-2,7-9H,3-6H2,(H,21,24). The second kappa shape index (κ2) is 8.31.